The molecule has 0 aromatic carbocycles. The van der Waals surface area contributed by atoms with Crippen LogP contribution in [0.4, 0.5) is 4.39 Å². The van der Waals surface area contributed by atoms with Gasteiger partial charge in [0.15, 0.2) is 0 Å². The predicted molar refractivity (Wildman–Crippen MR) is 92.7 cm³/mol. The van der Waals surface area contributed by atoms with Crippen LogP contribution in [-0.4, -0.2) is 40.5 Å². The molecule has 0 N–H and O–H groups in total. The van der Waals surface area contributed by atoms with Crippen molar-refractivity contribution < 1.29 is 18.7 Å². The number of likely N-dealkylation sites (tertiary alicyclic amines) is 1. The number of nitrogens with zero attached hydrogens (tertiary/aromatic N) is 2. The zero-order chi connectivity index (χ0) is 18.3. The predicted octanol–water partition coefficient (Wildman–Crippen LogP) is 3.19. The van der Waals surface area contributed by atoms with Gasteiger partial charge in [-0.1, -0.05) is 6.42 Å². The van der Waals surface area contributed by atoms with E-state index in [9.17, 15) is 14.0 Å². The van der Waals surface area contributed by atoms with Crippen molar-refractivity contribution in [1.82, 2.24) is 9.88 Å². The molecular formula is C20H25FN2O3. The van der Waals surface area contributed by atoms with Crippen molar-refractivity contribution in [3.8, 4) is 0 Å². The van der Waals surface area contributed by atoms with Gasteiger partial charge in [0.05, 0.1) is 18.2 Å². The molecule has 1 amide bonds. The van der Waals surface area contributed by atoms with Crippen molar-refractivity contribution in [3.63, 3.8) is 0 Å². The average Bonchev–Trinajstić information content (AvgIpc) is 3.49. The van der Waals surface area contributed by atoms with Crippen LogP contribution in [0.5, 0.6) is 0 Å². The molecule has 0 spiro atoms. The van der Waals surface area contributed by atoms with Gasteiger partial charge in [0.2, 0.25) is 0 Å². The number of rotatable bonds is 3. The number of amides is 1. The van der Waals surface area contributed by atoms with E-state index in [1.807, 2.05) is 6.92 Å². The third-order valence-corrected chi connectivity index (χ3v) is 6.08. The van der Waals surface area contributed by atoms with Gasteiger partial charge in [-0.2, -0.15) is 0 Å². The topological polar surface area (TPSA) is 59.5 Å². The molecule has 2 aliphatic carbocycles. The van der Waals surface area contributed by atoms with Crippen LogP contribution in [0.15, 0.2) is 18.3 Å². The quantitative estimate of drug-likeness (QED) is 0.777. The molecule has 1 aromatic heterocycles. The number of ether oxygens (including phenoxy) is 1. The zero-order valence-electron chi connectivity index (χ0n) is 15.1. The van der Waals surface area contributed by atoms with Crippen molar-refractivity contribution in [2.24, 2.45) is 17.8 Å². The molecule has 0 radical (unpaired) electrons. The van der Waals surface area contributed by atoms with Crippen LogP contribution in [0.1, 0.15) is 55.9 Å². The Balaban J connectivity index is 1.59. The van der Waals surface area contributed by atoms with Crippen molar-refractivity contribution in [3.05, 3.63) is 29.8 Å². The van der Waals surface area contributed by atoms with Crippen molar-refractivity contribution in [2.45, 2.75) is 57.6 Å². The van der Waals surface area contributed by atoms with E-state index >= 15 is 0 Å². The van der Waals surface area contributed by atoms with Crippen LogP contribution in [0.3, 0.4) is 0 Å². The van der Waals surface area contributed by atoms with Crippen LogP contribution in [0.2, 0.25) is 0 Å². The number of carbonyl (C=O) groups is 2. The van der Waals surface area contributed by atoms with Crippen LogP contribution in [-0.2, 0) is 9.53 Å². The average molecular weight is 360 g/mol. The molecular weight excluding hydrogens is 335 g/mol. The Hall–Kier alpha value is -1.98. The highest BCUT2D eigenvalue weighted by Gasteiger charge is 2.44. The molecule has 2 heterocycles. The summed E-state index contributed by atoms with van der Waals surface area (Å²) in [6.07, 6.45) is 6.86. The van der Waals surface area contributed by atoms with Gasteiger partial charge < -0.3 is 9.64 Å². The second kappa shape index (κ2) is 6.97. The number of hydrogen-bond donors (Lipinski definition) is 0. The molecule has 1 aliphatic heterocycles. The molecule has 3 aliphatic rings. The molecule has 6 heteroatoms. The smallest absolute Gasteiger partial charge is 0.309 e. The molecule has 4 atom stereocenters. The maximum atomic E-state index is 13.2. The highest BCUT2D eigenvalue weighted by molar-refractivity contribution is 5.92. The maximum Gasteiger partial charge on any atom is 0.309 e. The minimum Gasteiger partial charge on any atom is -0.460 e. The summed E-state index contributed by atoms with van der Waals surface area (Å²) in [5.74, 6) is -0.00308. The number of pyridine rings is 1. The number of fused-ring (bicyclic) bond motifs is 2. The minimum atomic E-state index is -0.461. The van der Waals surface area contributed by atoms with Gasteiger partial charge in [-0.05, 0) is 63.0 Å². The second-order valence-electron chi connectivity index (χ2n) is 8.03. The van der Waals surface area contributed by atoms with Crippen LogP contribution in [0, 0.1) is 23.6 Å². The summed E-state index contributed by atoms with van der Waals surface area (Å²) in [4.78, 5) is 31.1. The van der Waals surface area contributed by atoms with Gasteiger partial charge in [-0.25, -0.2) is 9.37 Å². The molecule has 140 valence electrons. The Labute approximate surface area is 152 Å². The van der Waals surface area contributed by atoms with Crippen LogP contribution in [0.25, 0.3) is 0 Å². The molecule has 3 fully saturated rings. The van der Waals surface area contributed by atoms with Gasteiger partial charge in [-0.15, -0.1) is 0 Å². The monoisotopic (exact) mass is 360 g/mol. The summed E-state index contributed by atoms with van der Waals surface area (Å²) in [7, 11) is 0. The number of esters is 1. The van der Waals surface area contributed by atoms with Gasteiger partial charge in [0, 0.05) is 6.54 Å². The summed E-state index contributed by atoms with van der Waals surface area (Å²) < 4.78 is 19.1. The molecule has 26 heavy (non-hydrogen) atoms. The Kier molecular flexibility index (Phi) is 4.67. The Morgan fingerprint density at radius 3 is 2.73 bits per heavy atom. The summed E-state index contributed by atoms with van der Waals surface area (Å²) in [5, 5.41) is 0. The fourth-order valence-corrected chi connectivity index (χ4v) is 4.47. The molecule has 5 nitrogen and oxygen atoms in total. The van der Waals surface area contributed by atoms with E-state index in [0.29, 0.717) is 18.4 Å². The Bertz CT molecular complexity index is 689. The number of aromatic nitrogens is 1. The summed E-state index contributed by atoms with van der Waals surface area (Å²) in [6.45, 7) is 2.61. The van der Waals surface area contributed by atoms with Gasteiger partial charge in [-0.3, -0.25) is 9.59 Å². The van der Waals surface area contributed by atoms with Crippen LogP contribution < -0.4 is 0 Å². The van der Waals surface area contributed by atoms with E-state index in [-0.39, 0.29) is 35.6 Å². The van der Waals surface area contributed by atoms with E-state index in [1.165, 1.54) is 12.1 Å². The van der Waals surface area contributed by atoms with E-state index in [4.69, 9.17) is 4.74 Å². The highest BCUT2D eigenvalue weighted by atomic mass is 19.1. The fourth-order valence-electron chi connectivity index (χ4n) is 4.47. The first-order valence-corrected chi connectivity index (χ1v) is 9.66. The summed E-state index contributed by atoms with van der Waals surface area (Å²) in [6, 6.07) is 2.48. The lowest BCUT2D eigenvalue weighted by molar-refractivity contribution is -0.157. The first-order valence-electron chi connectivity index (χ1n) is 9.66. The van der Waals surface area contributed by atoms with Crippen LogP contribution >= 0.6 is 0 Å². The number of halogens is 1. The fraction of sp³-hybridized carbons (Fsp3) is 0.650. The van der Waals surface area contributed by atoms with E-state index < -0.39 is 5.82 Å². The SMILES string of the molecule is C[C@H]1[C@H](OC(=O)C2CC2)[C@@H]2CCC[C@@H](C2)CN1C(=O)c1ccc(F)cn1. The highest BCUT2D eigenvalue weighted by Crippen LogP contribution is 2.40. The molecule has 2 bridgehead atoms. The Morgan fingerprint density at radius 1 is 1.23 bits per heavy atom. The largest absolute Gasteiger partial charge is 0.460 e. The number of hydrogen-bond acceptors (Lipinski definition) is 4. The molecule has 1 saturated heterocycles. The van der Waals surface area contributed by atoms with Crippen molar-refractivity contribution in [1.29, 1.82) is 0 Å². The van der Waals surface area contributed by atoms with Gasteiger partial charge >= 0.3 is 5.97 Å². The second-order valence-corrected chi connectivity index (χ2v) is 8.03. The summed E-state index contributed by atoms with van der Waals surface area (Å²) >= 11 is 0. The van der Waals surface area contributed by atoms with Crippen molar-refractivity contribution in [2.75, 3.05) is 6.54 Å². The Morgan fingerprint density at radius 2 is 2.04 bits per heavy atom. The third kappa shape index (κ3) is 3.46. The molecule has 4 rings (SSSR count). The lowest BCUT2D eigenvalue weighted by Crippen LogP contribution is -2.48. The lowest BCUT2D eigenvalue weighted by Gasteiger charge is -2.34. The zero-order valence-corrected chi connectivity index (χ0v) is 15.1. The first kappa shape index (κ1) is 17.4. The molecule has 0 unspecified atom stereocenters. The minimum absolute atomic E-state index is 0.0488. The normalized spacial score (nSPS) is 31.2. The van der Waals surface area contributed by atoms with E-state index in [0.717, 1.165) is 44.7 Å². The third-order valence-electron chi connectivity index (χ3n) is 6.08. The maximum absolute atomic E-state index is 13.2. The van der Waals surface area contributed by atoms with Gasteiger partial charge in [0.1, 0.15) is 17.6 Å². The molecule has 1 aromatic rings. The summed E-state index contributed by atoms with van der Waals surface area (Å²) in [5.41, 5.74) is 0.238. The molecule has 2 saturated carbocycles. The van der Waals surface area contributed by atoms with E-state index in [2.05, 4.69) is 4.98 Å². The number of carbonyl (C=O) groups excluding carboxylic acids is 2. The standard InChI is InChI=1S/C20H25FN2O3/c1-12-18(26-20(25)14-5-6-14)15-4-2-3-13(9-15)11-23(12)19(24)17-8-7-16(21)10-22-17/h7-8,10,12-15,18H,2-6,9,11H2,1H3/t12-,13-,15+,18-/m0/s1. The van der Waals surface area contributed by atoms with E-state index in [1.54, 1.807) is 4.90 Å². The van der Waals surface area contributed by atoms with Crippen molar-refractivity contribution >= 4 is 11.9 Å². The first-order chi connectivity index (χ1) is 12.5. The van der Waals surface area contributed by atoms with Gasteiger partial charge in [0.25, 0.3) is 5.91 Å². The lowest BCUT2D eigenvalue weighted by atomic mass is 9.79.